The molecule has 5 nitrogen and oxygen atoms in total. The van der Waals surface area contributed by atoms with Gasteiger partial charge in [-0.25, -0.2) is 4.68 Å². The van der Waals surface area contributed by atoms with Crippen LogP contribution in [0.25, 0.3) is 11.3 Å². The SMILES string of the molecule is C=CCN=c1scc(-c2ccc(C)c(C)c2)n1N=Cc1ccc2c(c1)OCO2. The van der Waals surface area contributed by atoms with Gasteiger partial charge >= 0.3 is 0 Å². The van der Waals surface area contributed by atoms with Gasteiger partial charge in [0.05, 0.1) is 18.5 Å². The molecule has 0 bridgehead atoms. The largest absolute Gasteiger partial charge is 0.454 e. The molecule has 0 radical (unpaired) electrons. The van der Waals surface area contributed by atoms with Gasteiger partial charge in [0.15, 0.2) is 11.5 Å². The lowest BCUT2D eigenvalue weighted by Gasteiger charge is -2.06. The quantitative estimate of drug-likeness (QED) is 0.474. The Kier molecular flexibility index (Phi) is 5.12. The van der Waals surface area contributed by atoms with Crippen LogP contribution in [0.15, 0.2) is 64.5 Å². The van der Waals surface area contributed by atoms with Gasteiger partial charge in [0.25, 0.3) is 0 Å². The maximum atomic E-state index is 5.45. The first-order valence-electron chi connectivity index (χ1n) is 8.99. The standard InChI is InChI=1S/C22H21N3O2S/c1-4-9-23-22-25(19(13-28-22)18-7-5-15(2)16(3)10-18)24-12-17-6-8-20-21(11-17)27-14-26-20/h4-8,10-13H,1,9,14H2,2-3H3. The maximum Gasteiger partial charge on any atom is 0.231 e. The number of hydrogen-bond acceptors (Lipinski definition) is 5. The van der Waals surface area contributed by atoms with E-state index in [1.807, 2.05) is 29.1 Å². The number of benzene rings is 2. The van der Waals surface area contributed by atoms with Crippen LogP contribution in [0.5, 0.6) is 11.5 Å². The van der Waals surface area contributed by atoms with E-state index in [1.54, 1.807) is 17.4 Å². The summed E-state index contributed by atoms with van der Waals surface area (Å²) in [6, 6.07) is 12.2. The van der Waals surface area contributed by atoms with Gasteiger partial charge in [-0.05, 0) is 54.8 Å². The normalized spacial score (nSPS) is 13.4. The fraction of sp³-hybridized carbons (Fsp3) is 0.182. The second-order valence-electron chi connectivity index (χ2n) is 6.50. The van der Waals surface area contributed by atoms with Crippen LogP contribution in [0, 0.1) is 13.8 Å². The van der Waals surface area contributed by atoms with Gasteiger partial charge in [-0.1, -0.05) is 18.2 Å². The lowest BCUT2D eigenvalue weighted by Crippen LogP contribution is -2.12. The molecule has 0 saturated heterocycles. The first-order chi connectivity index (χ1) is 13.7. The van der Waals surface area contributed by atoms with Crippen molar-refractivity contribution in [3.8, 4) is 22.8 Å². The zero-order valence-corrected chi connectivity index (χ0v) is 16.7. The smallest absolute Gasteiger partial charge is 0.231 e. The van der Waals surface area contributed by atoms with Crippen molar-refractivity contribution < 1.29 is 9.47 Å². The van der Waals surface area contributed by atoms with E-state index in [2.05, 4.69) is 49.0 Å². The molecular weight excluding hydrogens is 370 g/mol. The second kappa shape index (κ2) is 7.86. The van der Waals surface area contributed by atoms with Crippen LogP contribution in [0.3, 0.4) is 0 Å². The Labute approximate surface area is 167 Å². The molecule has 4 rings (SSSR count). The summed E-state index contributed by atoms with van der Waals surface area (Å²) in [6.07, 6.45) is 3.59. The van der Waals surface area contributed by atoms with Gasteiger partial charge in [0.1, 0.15) is 0 Å². The van der Waals surface area contributed by atoms with E-state index in [0.29, 0.717) is 6.54 Å². The summed E-state index contributed by atoms with van der Waals surface area (Å²) in [6.45, 7) is 8.80. The van der Waals surface area contributed by atoms with Crippen LogP contribution in [0.2, 0.25) is 0 Å². The molecule has 0 spiro atoms. The molecule has 0 N–H and O–H groups in total. The highest BCUT2D eigenvalue weighted by Crippen LogP contribution is 2.32. The lowest BCUT2D eigenvalue weighted by atomic mass is 10.1. The van der Waals surface area contributed by atoms with Gasteiger partial charge in [-0.2, -0.15) is 5.10 Å². The molecule has 1 aliphatic rings. The third-order valence-electron chi connectivity index (χ3n) is 4.56. The van der Waals surface area contributed by atoms with Gasteiger partial charge in [-0.3, -0.25) is 4.99 Å². The Balaban J connectivity index is 1.76. The lowest BCUT2D eigenvalue weighted by molar-refractivity contribution is 0.174. The monoisotopic (exact) mass is 391 g/mol. The molecule has 0 fully saturated rings. The van der Waals surface area contributed by atoms with Crippen LogP contribution in [0.1, 0.15) is 16.7 Å². The molecule has 2 aromatic carbocycles. The minimum atomic E-state index is 0.261. The Morgan fingerprint density at radius 3 is 2.79 bits per heavy atom. The molecule has 142 valence electrons. The molecular formula is C22H21N3O2S. The number of hydrogen-bond donors (Lipinski definition) is 0. The topological polar surface area (TPSA) is 48.1 Å². The third-order valence-corrected chi connectivity index (χ3v) is 5.42. The number of nitrogens with zero attached hydrogens (tertiary/aromatic N) is 3. The molecule has 6 heteroatoms. The Hall–Kier alpha value is -3.12. The Bertz CT molecular complexity index is 1130. The minimum Gasteiger partial charge on any atom is -0.454 e. The first-order valence-corrected chi connectivity index (χ1v) is 9.87. The summed E-state index contributed by atoms with van der Waals surface area (Å²) in [5.74, 6) is 1.50. The predicted molar refractivity (Wildman–Crippen MR) is 113 cm³/mol. The summed E-state index contributed by atoms with van der Waals surface area (Å²) in [4.78, 5) is 5.41. The average Bonchev–Trinajstić information content (AvgIpc) is 3.33. The average molecular weight is 391 g/mol. The summed E-state index contributed by atoms with van der Waals surface area (Å²) in [7, 11) is 0. The van der Waals surface area contributed by atoms with Crippen molar-refractivity contribution in [3.05, 3.63) is 75.9 Å². The van der Waals surface area contributed by atoms with Gasteiger partial charge in [0, 0.05) is 10.9 Å². The maximum absolute atomic E-state index is 5.45. The number of ether oxygens (including phenoxy) is 2. The van der Waals surface area contributed by atoms with E-state index in [1.165, 1.54) is 11.1 Å². The van der Waals surface area contributed by atoms with Gasteiger partial charge in [0.2, 0.25) is 11.6 Å². The van der Waals surface area contributed by atoms with Crippen LogP contribution < -0.4 is 14.3 Å². The van der Waals surface area contributed by atoms with Gasteiger partial charge < -0.3 is 9.47 Å². The number of aryl methyl sites for hydroxylation is 2. The molecule has 0 amide bonds. The molecule has 0 aliphatic carbocycles. The van der Waals surface area contributed by atoms with Crippen molar-refractivity contribution in [2.45, 2.75) is 13.8 Å². The second-order valence-corrected chi connectivity index (χ2v) is 7.34. The predicted octanol–water partition coefficient (Wildman–Crippen LogP) is 4.53. The number of rotatable bonds is 5. The van der Waals surface area contributed by atoms with E-state index in [9.17, 15) is 0 Å². The molecule has 1 aromatic heterocycles. The van der Waals surface area contributed by atoms with Crippen molar-refractivity contribution in [2.75, 3.05) is 13.3 Å². The molecule has 3 aromatic rings. The minimum absolute atomic E-state index is 0.261. The molecule has 0 unspecified atom stereocenters. The number of fused-ring (bicyclic) bond motifs is 1. The first kappa shape index (κ1) is 18.3. The van der Waals surface area contributed by atoms with Crippen molar-refractivity contribution in [1.82, 2.24) is 4.68 Å². The molecule has 1 aliphatic heterocycles. The highest BCUT2D eigenvalue weighted by Gasteiger charge is 2.13. The van der Waals surface area contributed by atoms with E-state index >= 15 is 0 Å². The fourth-order valence-corrected chi connectivity index (χ4v) is 3.73. The molecule has 28 heavy (non-hydrogen) atoms. The van der Waals surface area contributed by atoms with E-state index in [4.69, 9.17) is 14.6 Å². The van der Waals surface area contributed by atoms with E-state index in [-0.39, 0.29) is 6.79 Å². The van der Waals surface area contributed by atoms with Crippen molar-refractivity contribution in [2.24, 2.45) is 10.1 Å². The molecule has 2 heterocycles. The van der Waals surface area contributed by atoms with Crippen molar-refractivity contribution in [3.63, 3.8) is 0 Å². The van der Waals surface area contributed by atoms with Crippen molar-refractivity contribution >= 4 is 17.6 Å². The van der Waals surface area contributed by atoms with Crippen molar-refractivity contribution in [1.29, 1.82) is 0 Å². The summed E-state index contributed by atoms with van der Waals surface area (Å²) in [5, 5.41) is 6.81. The van der Waals surface area contributed by atoms with Crippen LogP contribution in [-0.4, -0.2) is 24.2 Å². The Morgan fingerprint density at radius 1 is 1.11 bits per heavy atom. The van der Waals surface area contributed by atoms with E-state index in [0.717, 1.165) is 33.1 Å². The number of aromatic nitrogens is 1. The van der Waals surface area contributed by atoms with Crippen LogP contribution in [0.4, 0.5) is 0 Å². The zero-order chi connectivity index (χ0) is 19.5. The Morgan fingerprint density at radius 2 is 1.96 bits per heavy atom. The summed E-state index contributed by atoms with van der Waals surface area (Å²) < 4.78 is 12.7. The zero-order valence-electron chi connectivity index (χ0n) is 15.9. The van der Waals surface area contributed by atoms with E-state index < -0.39 is 0 Å². The highest BCUT2D eigenvalue weighted by atomic mass is 32.1. The fourth-order valence-electron chi connectivity index (χ4n) is 2.88. The highest BCUT2D eigenvalue weighted by molar-refractivity contribution is 7.07. The molecule has 0 saturated carbocycles. The van der Waals surface area contributed by atoms with Crippen LogP contribution in [-0.2, 0) is 0 Å². The summed E-state index contributed by atoms with van der Waals surface area (Å²) >= 11 is 1.57. The third kappa shape index (κ3) is 3.64. The van der Waals surface area contributed by atoms with Gasteiger partial charge in [-0.15, -0.1) is 17.9 Å². The molecule has 0 atom stereocenters. The van der Waals surface area contributed by atoms with Crippen LogP contribution >= 0.6 is 11.3 Å². The summed E-state index contributed by atoms with van der Waals surface area (Å²) in [5.41, 5.74) is 5.57. The number of thiazole rings is 1.